The molecule has 4 heterocycles. The zero-order valence-electron chi connectivity index (χ0n) is 15.3. The average molecular weight is 439 g/mol. The second kappa shape index (κ2) is 8.19. The van der Waals surface area contributed by atoms with E-state index in [1.807, 2.05) is 9.80 Å². The van der Waals surface area contributed by atoms with Gasteiger partial charge in [-0.25, -0.2) is 0 Å². The third-order valence-corrected chi connectivity index (χ3v) is 9.62. The summed E-state index contributed by atoms with van der Waals surface area (Å²) in [6, 6.07) is 8.52. The van der Waals surface area contributed by atoms with Gasteiger partial charge in [-0.2, -0.15) is 0 Å². The van der Waals surface area contributed by atoms with Crippen molar-refractivity contribution in [3.05, 3.63) is 43.8 Å². The van der Waals surface area contributed by atoms with Gasteiger partial charge in [0.2, 0.25) is 11.8 Å². The van der Waals surface area contributed by atoms with Gasteiger partial charge in [0.1, 0.15) is 10.7 Å². The zero-order chi connectivity index (χ0) is 19.0. The Morgan fingerprint density at radius 2 is 1.26 bits per heavy atom. The van der Waals surface area contributed by atoms with Gasteiger partial charge in [0.25, 0.3) is 0 Å². The number of hydrogen-bond donors (Lipinski definition) is 0. The highest BCUT2D eigenvalue weighted by molar-refractivity contribution is 8.01. The minimum Gasteiger partial charge on any atom is -0.325 e. The van der Waals surface area contributed by atoms with Crippen molar-refractivity contribution in [2.45, 2.75) is 31.0 Å². The Balaban J connectivity index is 1.39. The third-order valence-electron chi connectivity index (χ3n) is 4.74. The molecule has 2 amide bonds. The molecule has 2 fully saturated rings. The van der Waals surface area contributed by atoms with Gasteiger partial charge in [-0.15, -0.1) is 46.2 Å². The van der Waals surface area contributed by atoms with Crippen LogP contribution in [0.15, 0.2) is 24.3 Å². The molecule has 2 aliphatic heterocycles. The fraction of sp³-hybridized carbons (Fsp3) is 0.474. The van der Waals surface area contributed by atoms with Crippen LogP contribution in [0.25, 0.3) is 0 Å². The van der Waals surface area contributed by atoms with E-state index in [2.05, 4.69) is 38.1 Å². The summed E-state index contributed by atoms with van der Waals surface area (Å²) in [5.74, 6) is 1.53. The topological polar surface area (TPSA) is 40.6 Å². The van der Waals surface area contributed by atoms with Crippen LogP contribution in [0.3, 0.4) is 0 Å². The summed E-state index contributed by atoms with van der Waals surface area (Å²) in [6.07, 6.45) is 0.820. The normalized spacial score (nSPS) is 23.0. The van der Waals surface area contributed by atoms with Crippen LogP contribution < -0.4 is 0 Å². The number of thiophene rings is 2. The van der Waals surface area contributed by atoms with Crippen molar-refractivity contribution in [1.82, 2.24) is 9.80 Å². The number of hydrogen-bond acceptors (Lipinski definition) is 6. The molecule has 0 bridgehead atoms. The molecule has 4 rings (SSSR count). The number of aryl methyl sites for hydroxylation is 2. The van der Waals surface area contributed by atoms with Crippen molar-refractivity contribution in [1.29, 1.82) is 0 Å². The summed E-state index contributed by atoms with van der Waals surface area (Å²) in [4.78, 5) is 33.8. The molecule has 2 aliphatic rings. The van der Waals surface area contributed by atoms with Crippen LogP contribution in [0.1, 0.15) is 36.7 Å². The summed E-state index contributed by atoms with van der Waals surface area (Å²) >= 11 is 6.96. The lowest BCUT2D eigenvalue weighted by Gasteiger charge is -2.26. The number of carbonyl (C=O) groups is 2. The van der Waals surface area contributed by atoms with Crippen LogP contribution in [-0.2, 0) is 9.59 Å². The first-order chi connectivity index (χ1) is 13.0. The minimum atomic E-state index is 0.135. The highest BCUT2D eigenvalue weighted by atomic mass is 32.2. The van der Waals surface area contributed by atoms with E-state index in [4.69, 9.17) is 0 Å². The lowest BCUT2D eigenvalue weighted by Crippen LogP contribution is -2.34. The quantitative estimate of drug-likeness (QED) is 0.657. The van der Waals surface area contributed by atoms with E-state index >= 15 is 0 Å². The van der Waals surface area contributed by atoms with E-state index in [1.54, 1.807) is 46.2 Å². The molecule has 8 heteroatoms. The highest BCUT2D eigenvalue weighted by Gasteiger charge is 2.35. The van der Waals surface area contributed by atoms with E-state index in [9.17, 15) is 9.59 Å². The average Bonchev–Trinajstić information content (AvgIpc) is 3.39. The molecule has 0 spiro atoms. The van der Waals surface area contributed by atoms with Crippen LogP contribution in [0.2, 0.25) is 0 Å². The van der Waals surface area contributed by atoms with Crippen molar-refractivity contribution in [2.75, 3.05) is 24.6 Å². The molecular formula is C19H22N2O2S4. The lowest BCUT2D eigenvalue weighted by atomic mass is 10.3. The Labute approximate surface area is 176 Å². The van der Waals surface area contributed by atoms with Crippen molar-refractivity contribution in [3.63, 3.8) is 0 Å². The van der Waals surface area contributed by atoms with E-state index in [1.165, 1.54) is 19.5 Å². The summed E-state index contributed by atoms with van der Waals surface area (Å²) in [5, 5.41) is 0.270. The molecule has 2 atom stereocenters. The van der Waals surface area contributed by atoms with Crippen LogP contribution in [-0.4, -0.2) is 46.2 Å². The van der Waals surface area contributed by atoms with Gasteiger partial charge >= 0.3 is 0 Å². The Bertz CT molecular complexity index is 778. The Morgan fingerprint density at radius 3 is 1.63 bits per heavy atom. The first-order valence-electron chi connectivity index (χ1n) is 8.98. The summed E-state index contributed by atoms with van der Waals surface area (Å²) < 4.78 is 0. The summed E-state index contributed by atoms with van der Waals surface area (Å²) in [6.45, 7) is 5.61. The SMILES string of the molecule is Cc1ccc([C@H]2SCC(=O)N2CCCN2C(=O)CS[C@H]2c2ccc(C)s2)s1. The molecule has 0 radical (unpaired) electrons. The van der Waals surface area contributed by atoms with Crippen molar-refractivity contribution < 1.29 is 9.59 Å². The largest absolute Gasteiger partial charge is 0.325 e. The molecule has 4 nitrogen and oxygen atoms in total. The molecule has 0 saturated carbocycles. The standard InChI is InChI=1S/C19H22N2O2S4/c1-12-4-6-14(26-12)18-20(16(22)10-24-18)8-3-9-21-17(23)11-25-19(21)15-7-5-13(2)27-15/h4-7,18-19H,3,8-11H2,1-2H3/t18-,19+. The molecule has 0 unspecified atom stereocenters. The van der Waals surface area contributed by atoms with E-state index in [0.717, 1.165) is 6.42 Å². The maximum atomic E-state index is 12.4. The number of thioether (sulfide) groups is 2. The lowest BCUT2D eigenvalue weighted by molar-refractivity contribution is -0.128. The molecule has 27 heavy (non-hydrogen) atoms. The van der Waals surface area contributed by atoms with Gasteiger partial charge in [-0.1, -0.05) is 0 Å². The van der Waals surface area contributed by atoms with Crippen LogP contribution >= 0.6 is 46.2 Å². The fourth-order valence-electron chi connectivity index (χ4n) is 3.45. The number of carbonyl (C=O) groups excluding carboxylic acids is 2. The number of rotatable bonds is 6. The molecule has 0 aromatic carbocycles. The highest BCUT2D eigenvalue weighted by Crippen LogP contribution is 2.43. The first kappa shape index (κ1) is 19.4. The summed E-state index contributed by atoms with van der Waals surface area (Å²) in [7, 11) is 0. The van der Waals surface area contributed by atoms with Crippen molar-refractivity contribution >= 4 is 58.0 Å². The van der Waals surface area contributed by atoms with Gasteiger partial charge in [-0.05, 0) is 44.5 Å². The molecule has 144 valence electrons. The summed E-state index contributed by atoms with van der Waals surface area (Å²) in [5.41, 5.74) is 0. The minimum absolute atomic E-state index is 0.135. The van der Waals surface area contributed by atoms with E-state index in [0.29, 0.717) is 24.6 Å². The molecule has 2 aromatic rings. The maximum Gasteiger partial charge on any atom is 0.233 e. The molecule has 2 saturated heterocycles. The molecule has 0 aliphatic carbocycles. The first-order valence-corrected chi connectivity index (χ1v) is 12.7. The monoisotopic (exact) mass is 438 g/mol. The fourth-order valence-corrected chi connectivity index (χ4v) is 8.11. The Hall–Kier alpha value is -0.960. The van der Waals surface area contributed by atoms with Gasteiger partial charge in [0.15, 0.2) is 0 Å². The maximum absolute atomic E-state index is 12.4. The zero-order valence-corrected chi connectivity index (χ0v) is 18.6. The smallest absolute Gasteiger partial charge is 0.233 e. The molecule has 2 aromatic heterocycles. The Morgan fingerprint density at radius 1 is 0.815 bits per heavy atom. The predicted octanol–water partition coefficient (Wildman–Crippen LogP) is 4.66. The number of nitrogens with zero attached hydrogens (tertiary/aromatic N) is 2. The van der Waals surface area contributed by atoms with Gasteiger partial charge < -0.3 is 9.80 Å². The predicted molar refractivity (Wildman–Crippen MR) is 117 cm³/mol. The second-order valence-corrected chi connectivity index (χ2v) is 11.5. The molecular weight excluding hydrogens is 416 g/mol. The van der Waals surface area contributed by atoms with E-state index < -0.39 is 0 Å². The van der Waals surface area contributed by atoms with Gasteiger partial charge in [0, 0.05) is 32.6 Å². The van der Waals surface area contributed by atoms with Crippen molar-refractivity contribution in [2.24, 2.45) is 0 Å². The second-order valence-electron chi connectivity index (χ2n) is 6.75. The van der Waals surface area contributed by atoms with Gasteiger partial charge in [0.05, 0.1) is 11.5 Å². The third kappa shape index (κ3) is 4.09. The van der Waals surface area contributed by atoms with Crippen molar-refractivity contribution in [3.8, 4) is 0 Å². The number of amides is 2. The van der Waals surface area contributed by atoms with Crippen LogP contribution in [0, 0.1) is 13.8 Å². The van der Waals surface area contributed by atoms with E-state index in [-0.39, 0.29) is 22.6 Å². The van der Waals surface area contributed by atoms with Gasteiger partial charge in [-0.3, -0.25) is 9.59 Å². The van der Waals surface area contributed by atoms with Crippen LogP contribution in [0.5, 0.6) is 0 Å². The Kier molecular flexibility index (Phi) is 5.87. The van der Waals surface area contributed by atoms with Crippen LogP contribution in [0.4, 0.5) is 0 Å². The molecule has 0 N–H and O–H groups in total.